The van der Waals surface area contributed by atoms with E-state index >= 15 is 0 Å². The van der Waals surface area contributed by atoms with Gasteiger partial charge in [0.25, 0.3) is 0 Å². The van der Waals surface area contributed by atoms with Crippen LogP contribution in [0, 0.1) is 11.7 Å². The molecule has 1 N–H and O–H groups in total. The highest BCUT2D eigenvalue weighted by atomic mass is 19.1. The topological polar surface area (TPSA) is 58.9 Å². The van der Waals surface area contributed by atoms with Gasteiger partial charge in [-0.2, -0.15) is 0 Å². The average molecular weight is 419 g/mol. The van der Waals surface area contributed by atoms with Crippen LogP contribution in [0.1, 0.15) is 25.1 Å². The molecule has 0 amide bonds. The van der Waals surface area contributed by atoms with Gasteiger partial charge in [0, 0.05) is 37.0 Å². The van der Waals surface area contributed by atoms with Crippen LogP contribution in [0.2, 0.25) is 0 Å². The summed E-state index contributed by atoms with van der Waals surface area (Å²) in [6, 6.07) is 8.89. The van der Waals surface area contributed by atoms with E-state index in [0.29, 0.717) is 17.9 Å². The summed E-state index contributed by atoms with van der Waals surface area (Å²) in [6.07, 6.45) is 10.5. The fourth-order valence-corrected chi connectivity index (χ4v) is 4.24. The number of halogens is 1. The molecular formula is C24H27FN6. The van der Waals surface area contributed by atoms with Crippen LogP contribution in [0.15, 0.2) is 42.6 Å². The van der Waals surface area contributed by atoms with E-state index in [1.165, 1.54) is 18.6 Å². The second kappa shape index (κ2) is 8.23. The molecule has 1 aliphatic carbocycles. The van der Waals surface area contributed by atoms with Crippen LogP contribution < -0.4 is 5.32 Å². The standard InChI is InChI=1S/C24H27FN6/c1-30(2)15-16-11-13-31-21(14-16)29-22(17-6-8-18(25)9-7-17)23(31)20-10-12-26-24(28-20)27-19-4-3-5-19/h6-13,16,19H,3-5,14-15H2,1-2H3,(H,26,27,28). The fourth-order valence-electron chi connectivity index (χ4n) is 4.24. The lowest BCUT2D eigenvalue weighted by molar-refractivity contribution is 0.352. The van der Waals surface area contributed by atoms with Crippen LogP contribution in [0.25, 0.3) is 28.8 Å². The quantitative estimate of drug-likeness (QED) is 0.646. The van der Waals surface area contributed by atoms with Crippen LogP contribution >= 0.6 is 0 Å². The van der Waals surface area contributed by atoms with Crippen LogP contribution in [-0.4, -0.2) is 51.1 Å². The Hall–Kier alpha value is -3.06. The third-order valence-electron chi connectivity index (χ3n) is 5.99. The molecule has 1 saturated carbocycles. The maximum Gasteiger partial charge on any atom is 0.223 e. The van der Waals surface area contributed by atoms with Gasteiger partial charge in [-0.05, 0) is 69.6 Å². The van der Waals surface area contributed by atoms with Crippen molar-refractivity contribution in [1.29, 1.82) is 0 Å². The number of aromatic nitrogens is 4. The predicted molar refractivity (Wildman–Crippen MR) is 121 cm³/mol. The number of hydrogen-bond acceptors (Lipinski definition) is 5. The number of nitrogens with zero attached hydrogens (tertiary/aromatic N) is 5. The monoisotopic (exact) mass is 418 g/mol. The van der Waals surface area contributed by atoms with Crippen molar-refractivity contribution >= 4 is 12.1 Å². The van der Waals surface area contributed by atoms with Gasteiger partial charge < -0.3 is 14.8 Å². The number of anilines is 1. The molecule has 3 aromatic rings. The van der Waals surface area contributed by atoms with Crippen LogP contribution in [-0.2, 0) is 6.42 Å². The molecule has 0 saturated heterocycles. The maximum absolute atomic E-state index is 13.6. The van der Waals surface area contributed by atoms with Crippen LogP contribution in [0.5, 0.6) is 0 Å². The molecule has 160 valence electrons. The molecule has 3 heterocycles. The molecule has 1 aromatic carbocycles. The fraction of sp³-hybridized carbons (Fsp3) is 0.375. The van der Waals surface area contributed by atoms with Gasteiger partial charge in [-0.25, -0.2) is 19.3 Å². The molecule has 31 heavy (non-hydrogen) atoms. The number of imidazole rings is 1. The number of benzene rings is 1. The highest BCUT2D eigenvalue weighted by Crippen LogP contribution is 2.35. The number of nitrogens with one attached hydrogen (secondary N) is 1. The summed E-state index contributed by atoms with van der Waals surface area (Å²) in [6.45, 7) is 0.966. The van der Waals surface area contributed by atoms with Crippen molar-refractivity contribution in [3.63, 3.8) is 0 Å². The molecule has 1 fully saturated rings. The Balaban J connectivity index is 1.58. The summed E-state index contributed by atoms with van der Waals surface area (Å²) in [5.74, 6) is 1.79. The predicted octanol–water partition coefficient (Wildman–Crippen LogP) is 4.32. The lowest BCUT2D eigenvalue weighted by Crippen LogP contribution is -2.28. The van der Waals surface area contributed by atoms with Crippen molar-refractivity contribution in [2.24, 2.45) is 5.92 Å². The van der Waals surface area contributed by atoms with Crippen molar-refractivity contribution in [3.05, 3.63) is 54.2 Å². The molecule has 6 nitrogen and oxygen atoms in total. The van der Waals surface area contributed by atoms with E-state index in [4.69, 9.17) is 9.97 Å². The van der Waals surface area contributed by atoms with Gasteiger partial charge in [-0.3, -0.25) is 0 Å². The summed E-state index contributed by atoms with van der Waals surface area (Å²) in [7, 11) is 4.17. The second-order valence-electron chi connectivity index (χ2n) is 8.71. The highest BCUT2D eigenvalue weighted by molar-refractivity contribution is 5.79. The minimum Gasteiger partial charge on any atom is -0.351 e. The molecular weight excluding hydrogens is 391 g/mol. The Kier molecular flexibility index (Phi) is 5.28. The van der Waals surface area contributed by atoms with Crippen molar-refractivity contribution in [2.75, 3.05) is 26.0 Å². The number of fused-ring (bicyclic) bond motifs is 1. The third-order valence-corrected chi connectivity index (χ3v) is 5.99. The Labute approximate surface area is 181 Å². The van der Waals surface area contributed by atoms with Crippen molar-refractivity contribution in [1.82, 2.24) is 24.4 Å². The van der Waals surface area contributed by atoms with E-state index in [1.807, 2.05) is 6.07 Å². The van der Waals surface area contributed by atoms with Gasteiger partial charge in [0.2, 0.25) is 5.95 Å². The largest absolute Gasteiger partial charge is 0.351 e. The maximum atomic E-state index is 13.6. The van der Waals surface area contributed by atoms with Gasteiger partial charge in [0.15, 0.2) is 0 Å². The third kappa shape index (κ3) is 4.10. The first-order valence-corrected chi connectivity index (χ1v) is 10.9. The summed E-state index contributed by atoms with van der Waals surface area (Å²) in [5.41, 5.74) is 3.42. The number of hydrogen-bond donors (Lipinski definition) is 1. The van der Waals surface area contributed by atoms with E-state index in [1.54, 1.807) is 18.3 Å². The summed E-state index contributed by atoms with van der Waals surface area (Å²) in [5, 5.41) is 3.43. The van der Waals surface area contributed by atoms with E-state index in [9.17, 15) is 4.39 Å². The molecule has 0 radical (unpaired) electrons. The Morgan fingerprint density at radius 3 is 2.65 bits per heavy atom. The Bertz CT molecular complexity index is 1100. The van der Waals surface area contributed by atoms with Crippen LogP contribution in [0.4, 0.5) is 10.3 Å². The molecule has 1 aliphatic heterocycles. The number of rotatable bonds is 6. The lowest BCUT2D eigenvalue weighted by atomic mass is 9.93. The van der Waals surface area contributed by atoms with Gasteiger partial charge >= 0.3 is 0 Å². The Morgan fingerprint density at radius 2 is 1.94 bits per heavy atom. The molecule has 0 bridgehead atoms. The highest BCUT2D eigenvalue weighted by Gasteiger charge is 2.25. The zero-order valence-corrected chi connectivity index (χ0v) is 17.9. The zero-order valence-electron chi connectivity index (χ0n) is 17.9. The molecule has 5 rings (SSSR count). The average Bonchev–Trinajstić information content (AvgIpc) is 3.10. The van der Waals surface area contributed by atoms with Crippen molar-refractivity contribution < 1.29 is 4.39 Å². The summed E-state index contributed by atoms with van der Waals surface area (Å²) < 4.78 is 15.7. The lowest BCUT2D eigenvalue weighted by Gasteiger charge is -2.26. The SMILES string of the molecule is CN(C)CC1C=Cn2c(nc(-c3ccc(F)cc3)c2-c2ccnc(NC3CCC3)n2)C1. The van der Waals surface area contributed by atoms with E-state index in [0.717, 1.165) is 54.3 Å². The smallest absolute Gasteiger partial charge is 0.223 e. The van der Waals surface area contributed by atoms with E-state index in [-0.39, 0.29) is 5.82 Å². The van der Waals surface area contributed by atoms with E-state index in [2.05, 4.69) is 46.1 Å². The molecule has 0 spiro atoms. The van der Waals surface area contributed by atoms with Crippen molar-refractivity contribution in [3.8, 4) is 22.6 Å². The van der Waals surface area contributed by atoms with Gasteiger partial charge in [0.05, 0.1) is 17.1 Å². The summed E-state index contributed by atoms with van der Waals surface area (Å²) in [4.78, 5) is 16.4. The first kappa shape index (κ1) is 19.9. The normalized spacial score (nSPS) is 18.1. The molecule has 2 aliphatic rings. The first-order chi connectivity index (χ1) is 15.1. The van der Waals surface area contributed by atoms with Crippen LogP contribution in [0.3, 0.4) is 0 Å². The molecule has 1 atom stereocenters. The summed E-state index contributed by atoms with van der Waals surface area (Å²) >= 11 is 0. The van der Waals surface area contributed by atoms with Crippen molar-refractivity contribution in [2.45, 2.75) is 31.7 Å². The van der Waals surface area contributed by atoms with E-state index < -0.39 is 0 Å². The van der Waals surface area contributed by atoms with Gasteiger partial charge in [-0.15, -0.1) is 0 Å². The molecule has 7 heteroatoms. The zero-order chi connectivity index (χ0) is 21.4. The minimum atomic E-state index is -0.255. The molecule has 1 unspecified atom stereocenters. The minimum absolute atomic E-state index is 0.255. The second-order valence-corrected chi connectivity index (χ2v) is 8.71. The Morgan fingerprint density at radius 1 is 1.13 bits per heavy atom. The van der Waals surface area contributed by atoms with Gasteiger partial charge in [-0.1, -0.05) is 6.08 Å². The molecule has 2 aromatic heterocycles. The first-order valence-electron chi connectivity index (χ1n) is 10.9. The van der Waals surface area contributed by atoms with Gasteiger partial charge in [0.1, 0.15) is 11.6 Å².